The van der Waals surface area contributed by atoms with Gasteiger partial charge in [0.05, 0.1) is 12.9 Å². The minimum absolute atomic E-state index is 0.0423. The van der Waals surface area contributed by atoms with Crippen LogP contribution in [-0.4, -0.2) is 83.0 Å². The first-order chi connectivity index (χ1) is 18.3. The van der Waals surface area contributed by atoms with Gasteiger partial charge in [-0.2, -0.15) is 0 Å². The predicted octanol–water partition coefficient (Wildman–Crippen LogP) is 2.91. The third kappa shape index (κ3) is 7.69. The fourth-order valence-corrected chi connectivity index (χ4v) is 6.71. The number of sulfonamides is 1. The molecule has 2 heterocycles. The maximum absolute atomic E-state index is 12.6. The van der Waals surface area contributed by atoms with Gasteiger partial charge in [-0.1, -0.05) is 18.2 Å². The molecule has 2 aliphatic rings. The Kier molecular flexibility index (Phi) is 8.85. The molecule has 0 atom stereocenters. The first kappa shape index (κ1) is 29.3. The quantitative estimate of drug-likeness (QED) is 0.315. The zero-order valence-electron chi connectivity index (χ0n) is 23.0. The van der Waals surface area contributed by atoms with E-state index >= 15 is 0 Å². The molecule has 0 unspecified atom stereocenters. The van der Waals surface area contributed by atoms with Crippen LogP contribution in [0.25, 0.3) is 0 Å². The van der Waals surface area contributed by atoms with Crippen LogP contribution < -0.4 is 4.74 Å². The van der Waals surface area contributed by atoms with Crippen molar-refractivity contribution in [2.45, 2.75) is 37.4 Å². The normalized spacial score (nSPS) is 17.4. The van der Waals surface area contributed by atoms with E-state index in [0.717, 1.165) is 23.2 Å². The molecule has 1 fully saturated rings. The summed E-state index contributed by atoms with van der Waals surface area (Å²) in [5, 5.41) is 0. The van der Waals surface area contributed by atoms with Crippen LogP contribution in [-0.2, 0) is 39.5 Å². The van der Waals surface area contributed by atoms with Crippen molar-refractivity contribution in [1.29, 1.82) is 0 Å². The summed E-state index contributed by atoms with van der Waals surface area (Å²) in [6, 6.07) is 11.1. The van der Waals surface area contributed by atoms with E-state index < -0.39 is 19.9 Å². The summed E-state index contributed by atoms with van der Waals surface area (Å²) >= 11 is 0. The number of nitrogens with zero attached hydrogens (tertiary/aromatic N) is 3. The smallest absolute Gasteiger partial charge is 0.211 e. The van der Waals surface area contributed by atoms with E-state index in [9.17, 15) is 21.6 Å². The van der Waals surface area contributed by atoms with Gasteiger partial charge in [0.2, 0.25) is 10.0 Å². The van der Waals surface area contributed by atoms with E-state index in [-0.39, 0.29) is 16.6 Å². The third-order valence-corrected chi connectivity index (χ3v) is 9.55. The largest absolute Gasteiger partial charge is 0.492 e. The van der Waals surface area contributed by atoms with Gasteiger partial charge in [-0.15, -0.1) is 0 Å². The maximum Gasteiger partial charge on any atom is 0.211 e. The standard InChI is InChI=1S/C28H37N3O6S2/c1-29(2)12-11-26(32)23-6-7-24-18-30(19-25(24)16-23)17-22-5-8-27(28(15-22)38(3,33)34)37-20-21-9-13-31(14-10-21)39(4,35)36/h5-8,11-12,15-16,21H,9-10,13-14,17-20H2,1-4H3/b12-11+. The average Bonchev–Trinajstić information content (AvgIpc) is 3.27. The molecule has 0 radical (unpaired) electrons. The van der Waals surface area contributed by atoms with Crippen LogP contribution in [0.15, 0.2) is 53.6 Å². The van der Waals surface area contributed by atoms with Crippen molar-refractivity contribution in [2.24, 2.45) is 5.92 Å². The first-order valence-corrected chi connectivity index (χ1v) is 16.7. The van der Waals surface area contributed by atoms with Crippen LogP contribution in [0, 0.1) is 5.92 Å². The molecule has 0 amide bonds. The topological polar surface area (TPSA) is 104 Å². The van der Waals surface area contributed by atoms with E-state index in [1.807, 2.05) is 43.3 Å². The molecule has 0 bridgehead atoms. The Labute approximate surface area is 232 Å². The zero-order valence-corrected chi connectivity index (χ0v) is 24.6. The van der Waals surface area contributed by atoms with Crippen molar-refractivity contribution in [1.82, 2.24) is 14.1 Å². The number of hydrogen-bond acceptors (Lipinski definition) is 8. The van der Waals surface area contributed by atoms with E-state index in [1.54, 1.807) is 24.4 Å². The lowest BCUT2D eigenvalue weighted by molar-refractivity contribution is 0.104. The second kappa shape index (κ2) is 11.8. The molecule has 11 heteroatoms. The summed E-state index contributed by atoms with van der Waals surface area (Å²) in [6.45, 7) is 3.19. The number of carbonyl (C=O) groups excluding carboxylic acids is 1. The lowest BCUT2D eigenvalue weighted by atomic mass is 9.99. The van der Waals surface area contributed by atoms with E-state index in [0.29, 0.717) is 56.9 Å². The Morgan fingerprint density at radius 2 is 1.69 bits per heavy atom. The lowest BCUT2D eigenvalue weighted by Gasteiger charge is -2.30. The van der Waals surface area contributed by atoms with Crippen LogP contribution in [0.2, 0.25) is 0 Å². The molecule has 4 rings (SSSR count). The molecule has 39 heavy (non-hydrogen) atoms. The van der Waals surface area contributed by atoms with Crippen molar-refractivity contribution in [3.05, 3.63) is 70.9 Å². The molecule has 1 saturated heterocycles. The Hall–Kier alpha value is -2.73. The zero-order chi connectivity index (χ0) is 28.4. The summed E-state index contributed by atoms with van der Waals surface area (Å²) in [4.78, 5) is 16.7. The van der Waals surface area contributed by atoms with Crippen LogP contribution in [0.5, 0.6) is 5.75 Å². The molecule has 0 saturated carbocycles. The summed E-state index contributed by atoms with van der Waals surface area (Å²) in [6.07, 6.45) is 7.04. The molecule has 0 aromatic heterocycles. The Bertz CT molecular complexity index is 1460. The van der Waals surface area contributed by atoms with Gasteiger partial charge in [0.25, 0.3) is 0 Å². The number of fused-ring (bicyclic) bond motifs is 1. The summed E-state index contributed by atoms with van der Waals surface area (Å²) in [5.74, 6) is 0.443. The molecule has 0 N–H and O–H groups in total. The van der Waals surface area contributed by atoms with Gasteiger partial charge in [-0.3, -0.25) is 9.69 Å². The Morgan fingerprint density at radius 1 is 1.00 bits per heavy atom. The molecule has 212 valence electrons. The summed E-state index contributed by atoms with van der Waals surface area (Å²) in [5.41, 5.74) is 3.77. The highest BCUT2D eigenvalue weighted by Crippen LogP contribution is 2.30. The van der Waals surface area contributed by atoms with E-state index in [1.165, 1.54) is 16.8 Å². The van der Waals surface area contributed by atoms with Crippen molar-refractivity contribution in [3.63, 3.8) is 0 Å². The van der Waals surface area contributed by atoms with Crippen LogP contribution in [0.4, 0.5) is 0 Å². The molecular weight excluding hydrogens is 538 g/mol. The highest BCUT2D eigenvalue weighted by molar-refractivity contribution is 7.90. The SMILES string of the molecule is CN(C)/C=C/C(=O)c1ccc2c(c1)CN(Cc1ccc(OCC3CCN(S(C)(=O)=O)CC3)c(S(C)(=O)=O)c1)C2. The molecule has 2 aromatic rings. The summed E-state index contributed by atoms with van der Waals surface area (Å²) < 4.78 is 56.2. The fraction of sp³-hybridized carbons (Fsp3) is 0.464. The lowest BCUT2D eigenvalue weighted by Crippen LogP contribution is -2.39. The molecule has 2 aromatic carbocycles. The number of benzene rings is 2. The average molecular weight is 576 g/mol. The predicted molar refractivity (Wildman–Crippen MR) is 151 cm³/mol. The molecule has 2 aliphatic heterocycles. The number of ketones is 1. The highest BCUT2D eigenvalue weighted by Gasteiger charge is 2.26. The number of ether oxygens (including phenoxy) is 1. The van der Waals surface area contributed by atoms with Crippen LogP contribution >= 0.6 is 0 Å². The van der Waals surface area contributed by atoms with Gasteiger partial charge >= 0.3 is 0 Å². The van der Waals surface area contributed by atoms with Gasteiger partial charge in [0, 0.05) is 70.9 Å². The number of carbonyl (C=O) groups is 1. The monoisotopic (exact) mass is 575 g/mol. The minimum atomic E-state index is -3.53. The van der Waals surface area contributed by atoms with Gasteiger partial charge in [0.1, 0.15) is 10.6 Å². The maximum atomic E-state index is 12.6. The summed E-state index contributed by atoms with van der Waals surface area (Å²) in [7, 11) is -2.99. The van der Waals surface area contributed by atoms with Crippen molar-refractivity contribution < 1.29 is 26.4 Å². The molecular formula is C28H37N3O6S2. The number of hydrogen-bond donors (Lipinski definition) is 0. The van der Waals surface area contributed by atoms with Crippen LogP contribution in [0.1, 0.15) is 39.9 Å². The van der Waals surface area contributed by atoms with Gasteiger partial charge in [-0.25, -0.2) is 21.1 Å². The molecule has 0 aliphatic carbocycles. The highest BCUT2D eigenvalue weighted by atomic mass is 32.2. The first-order valence-electron chi connectivity index (χ1n) is 12.9. The number of piperidine rings is 1. The van der Waals surface area contributed by atoms with Crippen molar-refractivity contribution >= 4 is 25.6 Å². The van der Waals surface area contributed by atoms with E-state index in [4.69, 9.17) is 4.74 Å². The molecule has 9 nitrogen and oxygen atoms in total. The number of sulfone groups is 1. The van der Waals surface area contributed by atoms with Gasteiger partial charge < -0.3 is 9.64 Å². The van der Waals surface area contributed by atoms with E-state index in [2.05, 4.69) is 4.90 Å². The molecule has 0 spiro atoms. The number of rotatable bonds is 10. The number of allylic oxidation sites excluding steroid dienone is 1. The fourth-order valence-electron chi connectivity index (χ4n) is 4.98. The van der Waals surface area contributed by atoms with Crippen molar-refractivity contribution in [3.8, 4) is 5.75 Å². The van der Waals surface area contributed by atoms with Crippen molar-refractivity contribution in [2.75, 3.05) is 46.3 Å². The van der Waals surface area contributed by atoms with Gasteiger partial charge in [-0.05, 0) is 53.6 Å². The second-order valence-corrected chi connectivity index (χ2v) is 14.7. The second-order valence-electron chi connectivity index (χ2n) is 10.7. The minimum Gasteiger partial charge on any atom is -0.492 e. The Balaban J connectivity index is 1.40. The Morgan fingerprint density at radius 3 is 2.33 bits per heavy atom. The van der Waals surface area contributed by atoms with Gasteiger partial charge in [0.15, 0.2) is 15.6 Å². The van der Waals surface area contributed by atoms with Crippen LogP contribution in [0.3, 0.4) is 0 Å². The third-order valence-electron chi connectivity index (χ3n) is 7.13.